The van der Waals surface area contributed by atoms with Gasteiger partial charge >= 0.3 is 0 Å². The molecule has 1 aromatic carbocycles. The number of hydrogen-bond acceptors (Lipinski definition) is 5. The van der Waals surface area contributed by atoms with Gasteiger partial charge in [-0.3, -0.25) is 9.69 Å². The maximum Gasteiger partial charge on any atom is 0.275 e. The number of nitrogens with zero attached hydrogens (tertiary/aromatic N) is 4. The highest BCUT2D eigenvalue weighted by molar-refractivity contribution is 7.16. The summed E-state index contributed by atoms with van der Waals surface area (Å²) in [6, 6.07) is 11.9. The fraction of sp³-hybridized carbons (Fsp3) is 0.421. The van der Waals surface area contributed by atoms with Crippen LogP contribution in [0.25, 0.3) is 4.96 Å². The van der Waals surface area contributed by atoms with Gasteiger partial charge < -0.3 is 0 Å². The maximum atomic E-state index is 12.4. The second kappa shape index (κ2) is 7.89. The topological polar surface area (TPSA) is 50.5 Å². The van der Waals surface area contributed by atoms with Gasteiger partial charge in [0.25, 0.3) is 5.56 Å². The molecule has 0 fully saturated rings. The van der Waals surface area contributed by atoms with Crippen LogP contribution in [0.4, 0.5) is 0 Å². The van der Waals surface area contributed by atoms with Gasteiger partial charge in [-0.05, 0) is 25.5 Å². The Labute approximate surface area is 152 Å². The van der Waals surface area contributed by atoms with Crippen molar-refractivity contribution in [2.75, 3.05) is 7.05 Å². The summed E-state index contributed by atoms with van der Waals surface area (Å²) in [4.78, 5) is 19.9. The molecule has 0 aliphatic carbocycles. The fourth-order valence-electron chi connectivity index (χ4n) is 2.98. The molecule has 0 spiro atoms. The Hall–Kier alpha value is -2.05. The van der Waals surface area contributed by atoms with Crippen molar-refractivity contribution >= 4 is 16.3 Å². The molecule has 6 heteroatoms. The molecule has 132 valence electrons. The quantitative estimate of drug-likeness (QED) is 0.648. The van der Waals surface area contributed by atoms with E-state index in [1.165, 1.54) is 21.4 Å². The zero-order chi connectivity index (χ0) is 17.8. The van der Waals surface area contributed by atoms with E-state index in [0.29, 0.717) is 17.4 Å². The van der Waals surface area contributed by atoms with E-state index in [-0.39, 0.29) is 5.56 Å². The lowest BCUT2D eigenvalue weighted by Gasteiger charge is -2.15. The smallest absolute Gasteiger partial charge is 0.275 e. The number of rotatable bonds is 7. The second-order valence-corrected chi connectivity index (χ2v) is 7.38. The van der Waals surface area contributed by atoms with Crippen molar-refractivity contribution in [2.24, 2.45) is 0 Å². The van der Waals surface area contributed by atoms with Crippen LogP contribution < -0.4 is 5.56 Å². The Balaban J connectivity index is 1.81. The summed E-state index contributed by atoms with van der Waals surface area (Å²) in [5.41, 5.74) is 1.95. The van der Waals surface area contributed by atoms with Gasteiger partial charge in [0.1, 0.15) is 5.01 Å². The van der Waals surface area contributed by atoms with Crippen LogP contribution in [0.2, 0.25) is 0 Å². The first-order valence-corrected chi connectivity index (χ1v) is 9.54. The van der Waals surface area contributed by atoms with Crippen LogP contribution in [0.5, 0.6) is 0 Å². The van der Waals surface area contributed by atoms with Crippen LogP contribution in [0.3, 0.4) is 0 Å². The van der Waals surface area contributed by atoms with Gasteiger partial charge in [-0.15, -0.1) is 0 Å². The van der Waals surface area contributed by atoms with Crippen LogP contribution in [-0.2, 0) is 13.1 Å². The predicted octanol–water partition coefficient (Wildman–Crippen LogP) is 3.69. The molecule has 0 aliphatic heterocycles. The molecule has 3 rings (SSSR count). The normalized spacial score (nSPS) is 11.7. The van der Waals surface area contributed by atoms with Gasteiger partial charge in [-0.1, -0.05) is 55.5 Å². The molecular weight excluding hydrogens is 332 g/mol. The van der Waals surface area contributed by atoms with Crippen LogP contribution in [0.15, 0.2) is 41.2 Å². The SMILES string of the molecule is CCC(CC)c1nn2c(=O)cc(CN(C)Cc3ccccc3)nc2s1. The summed E-state index contributed by atoms with van der Waals surface area (Å²) in [6.07, 6.45) is 2.05. The highest BCUT2D eigenvalue weighted by atomic mass is 32.1. The van der Waals surface area contributed by atoms with Gasteiger partial charge in [0.05, 0.1) is 5.69 Å². The number of aromatic nitrogens is 3. The van der Waals surface area contributed by atoms with E-state index >= 15 is 0 Å². The van der Waals surface area contributed by atoms with Crippen LogP contribution in [0.1, 0.15) is 48.9 Å². The third kappa shape index (κ3) is 4.14. The highest BCUT2D eigenvalue weighted by Crippen LogP contribution is 2.26. The third-order valence-corrected chi connectivity index (χ3v) is 5.45. The number of hydrogen-bond donors (Lipinski definition) is 0. The standard InChI is InChI=1S/C19H24N4OS/c1-4-15(5-2)18-21-23-17(24)11-16(20-19(23)25-18)13-22(3)12-14-9-7-6-8-10-14/h6-11,15H,4-5,12-13H2,1-3H3. The predicted molar refractivity (Wildman–Crippen MR) is 102 cm³/mol. The lowest BCUT2D eigenvalue weighted by Crippen LogP contribution is -2.21. The summed E-state index contributed by atoms with van der Waals surface area (Å²) in [6.45, 7) is 5.77. The van der Waals surface area contributed by atoms with Gasteiger partial charge in [-0.25, -0.2) is 4.98 Å². The maximum absolute atomic E-state index is 12.4. The van der Waals surface area contributed by atoms with Crippen LogP contribution >= 0.6 is 11.3 Å². The lowest BCUT2D eigenvalue weighted by molar-refractivity contribution is 0.315. The largest absolute Gasteiger partial charge is 0.296 e. The molecule has 2 aromatic heterocycles. The van der Waals surface area contributed by atoms with Crippen molar-refractivity contribution in [2.45, 2.75) is 45.7 Å². The summed E-state index contributed by atoms with van der Waals surface area (Å²) in [5.74, 6) is 0.398. The van der Waals surface area contributed by atoms with Crippen molar-refractivity contribution in [1.82, 2.24) is 19.5 Å². The molecule has 0 bridgehead atoms. The Morgan fingerprint density at radius 3 is 2.56 bits per heavy atom. The van der Waals surface area contributed by atoms with Gasteiger partial charge in [0.2, 0.25) is 4.96 Å². The Morgan fingerprint density at radius 1 is 1.16 bits per heavy atom. The van der Waals surface area contributed by atoms with E-state index in [4.69, 9.17) is 0 Å². The molecule has 25 heavy (non-hydrogen) atoms. The molecule has 5 nitrogen and oxygen atoms in total. The van der Waals surface area contributed by atoms with Crippen LogP contribution in [-0.4, -0.2) is 26.5 Å². The van der Waals surface area contributed by atoms with Crippen molar-refractivity contribution in [3.05, 3.63) is 63.0 Å². The number of fused-ring (bicyclic) bond motifs is 1. The van der Waals surface area contributed by atoms with E-state index in [2.05, 4.69) is 41.0 Å². The van der Waals surface area contributed by atoms with Gasteiger partial charge in [-0.2, -0.15) is 9.61 Å². The molecule has 0 saturated carbocycles. The summed E-state index contributed by atoms with van der Waals surface area (Å²) >= 11 is 1.54. The van der Waals surface area contributed by atoms with Gasteiger partial charge in [0, 0.05) is 25.1 Å². The Morgan fingerprint density at radius 2 is 1.88 bits per heavy atom. The molecule has 0 amide bonds. The minimum atomic E-state index is -0.0958. The number of benzene rings is 1. The summed E-state index contributed by atoms with van der Waals surface area (Å²) < 4.78 is 1.44. The molecule has 0 saturated heterocycles. The lowest BCUT2D eigenvalue weighted by atomic mass is 10.1. The molecule has 0 radical (unpaired) electrons. The Bertz CT molecular complexity index is 883. The van der Waals surface area contributed by atoms with Crippen molar-refractivity contribution in [3.8, 4) is 0 Å². The van der Waals surface area contributed by atoms with E-state index < -0.39 is 0 Å². The Kier molecular flexibility index (Phi) is 5.60. The first kappa shape index (κ1) is 17.8. The minimum Gasteiger partial charge on any atom is -0.296 e. The zero-order valence-corrected chi connectivity index (χ0v) is 15.8. The van der Waals surface area contributed by atoms with E-state index in [9.17, 15) is 4.79 Å². The van der Waals surface area contributed by atoms with Crippen molar-refractivity contribution < 1.29 is 0 Å². The molecular formula is C19H24N4OS. The molecule has 3 aromatic rings. The van der Waals surface area contributed by atoms with Crippen LogP contribution in [0, 0.1) is 0 Å². The molecule has 0 N–H and O–H groups in total. The average molecular weight is 356 g/mol. The van der Waals surface area contributed by atoms with Crippen molar-refractivity contribution in [1.29, 1.82) is 0 Å². The van der Waals surface area contributed by atoms with E-state index in [0.717, 1.165) is 30.1 Å². The molecule has 0 aliphatic rings. The first-order chi connectivity index (χ1) is 12.1. The molecule has 0 unspecified atom stereocenters. The van der Waals surface area contributed by atoms with Crippen molar-refractivity contribution in [3.63, 3.8) is 0 Å². The van der Waals surface area contributed by atoms with Gasteiger partial charge in [0.15, 0.2) is 0 Å². The average Bonchev–Trinajstić information content (AvgIpc) is 3.01. The molecule has 0 atom stereocenters. The zero-order valence-electron chi connectivity index (χ0n) is 15.0. The fourth-order valence-corrected chi connectivity index (χ4v) is 4.17. The molecule has 2 heterocycles. The summed E-state index contributed by atoms with van der Waals surface area (Å²) in [7, 11) is 2.04. The third-order valence-electron chi connectivity index (χ3n) is 4.38. The monoisotopic (exact) mass is 356 g/mol. The first-order valence-electron chi connectivity index (χ1n) is 8.72. The summed E-state index contributed by atoms with van der Waals surface area (Å²) in [5, 5.41) is 5.49. The minimum absolute atomic E-state index is 0.0958. The second-order valence-electron chi connectivity index (χ2n) is 6.39. The highest BCUT2D eigenvalue weighted by Gasteiger charge is 2.15. The van der Waals surface area contributed by atoms with E-state index in [1.807, 2.05) is 25.2 Å². The van der Waals surface area contributed by atoms with E-state index in [1.54, 1.807) is 6.07 Å².